The zero-order valence-electron chi connectivity index (χ0n) is 15.0. The van der Waals surface area contributed by atoms with E-state index in [-0.39, 0.29) is 15.5 Å². The van der Waals surface area contributed by atoms with Crippen molar-refractivity contribution in [1.82, 2.24) is 0 Å². The van der Waals surface area contributed by atoms with E-state index in [1.54, 1.807) is 0 Å². The van der Waals surface area contributed by atoms with Crippen molar-refractivity contribution < 1.29 is 40.7 Å². The van der Waals surface area contributed by atoms with Gasteiger partial charge in [0.25, 0.3) is 10.0 Å². The van der Waals surface area contributed by atoms with Gasteiger partial charge in [0.15, 0.2) is 4.21 Å². The number of alkyl halides is 3. The predicted octanol–water partition coefficient (Wildman–Crippen LogP) is 4.10. The summed E-state index contributed by atoms with van der Waals surface area (Å²) in [6.07, 6.45) is -4.74. The molecule has 0 radical (unpaired) electrons. The second-order valence-electron chi connectivity index (χ2n) is 5.50. The molecule has 1 N–H and O–H groups in total. The lowest BCUT2D eigenvalue weighted by Gasteiger charge is -2.13. The molecule has 0 aliphatic carbocycles. The first kappa shape index (κ1) is 23.0. The predicted molar refractivity (Wildman–Crippen MR) is 99.0 cm³/mol. The van der Waals surface area contributed by atoms with E-state index in [0.717, 1.165) is 20.3 Å². The van der Waals surface area contributed by atoms with Crippen LogP contribution in [0.1, 0.15) is 31.2 Å². The van der Waals surface area contributed by atoms with Crippen molar-refractivity contribution in [3.05, 3.63) is 44.8 Å². The molecule has 0 fully saturated rings. The van der Waals surface area contributed by atoms with Crippen molar-refractivity contribution in [1.29, 1.82) is 0 Å². The summed E-state index contributed by atoms with van der Waals surface area (Å²) < 4.78 is 74.9. The van der Waals surface area contributed by atoms with Crippen LogP contribution >= 0.6 is 22.9 Å². The van der Waals surface area contributed by atoms with Gasteiger partial charge in [0.2, 0.25) is 0 Å². The van der Waals surface area contributed by atoms with Gasteiger partial charge in [0.1, 0.15) is 4.88 Å². The Kier molecular flexibility index (Phi) is 6.50. The Hall–Kier alpha value is -2.31. The fourth-order valence-corrected chi connectivity index (χ4v) is 5.31. The smallest absolute Gasteiger partial charge is 0.416 e. The summed E-state index contributed by atoms with van der Waals surface area (Å²) in [4.78, 5) is 23.8. The average molecular weight is 472 g/mol. The molecule has 0 unspecified atom stereocenters. The highest BCUT2D eigenvalue weighted by molar-refractivity contribution is 7.94. The van der Waals surface area contributed by atoms with Gasteiger partial charge in [-0.05, 0) is 30.7 Å². The highest BCUT2D eigenvalue weighted by Gasteiger charge is 2.34. The number of carbonyl (C=O) groups is 2. The van der Waals surface area contributed by atoms with E-state index in [9.17, 15) is 31.2 Å². The monoisotopic (exact) mass is 471 g/mol. The number of halogens is 4. The molecule has 0 atom stereocenters. The van der Waals surface area contributed by atoms with E-state index in [4.69, 9.17) is 11.6 Å². The second kappa shape index (κ2) is 8.20. The van der Waals surface area contributed by atoms with Crippen LogP contribution in [0.25, 0.3) is 0 Å². The normalized spacial score (nSPS) is 11.8. The first-order chi connectivity index (χ1) is 13.3. The molecule has 29 heavy (non-hydrogen) atoms. The van der Waals surface area contributed by atoms with Gasteiger partial charge in [-0.3, -0.25) is 4.72 Å². The van der Waals surface area contributed by atoms with Crippen molar-refractivity contribution in [2.75, 3.05) is 18.9 Å². The van der Waals surface area contributed by atoms with Crippen LogP contribution in [0.15, 0.2) is 22.4 Å². The summed E-state index contributed by atoms with van der Waals surface area (Å²) in [5.74, 6) is -1.94. The number of hydrogen-bond acceptors (Lipinski definition) is 7. The van der Waals surface area contributed by atoms with Crippen molar-refractivity contribution in [2.24, 2.45) is 0 Å². The number of rotatable bonds is 5. The molecule has 1 heterocycles. The lowest BCUT2D eigenvalue weighted by molar-refractivity contribution is -0.137. The van der Waals surface area contributed by atoms with Crippen LogP contribution in [0.5, 0.6) is 0 Å². The van der Waals surface area contributed by atoms with E-state index in [0.29, 0.717) is 23.5 Å². The quantitative estimate of drug-likeness (QED) is 0.659. The number of anilines is 1. The van der Waals surface area contributed by atoms with Crippen LogP contribution in [0.2, 0.25) is 5.02 Å². The van der Waals surface area contributed by atoms with E-state index in [2.05, 4.69) is 9.47 Å². The number of ether oxygens (including phenoxy) is 2. The summed E-state index contributed by atoms with van der Waals surface area (Å²) in [5.41, 5.74) is -2.13. The SMILES string of the molecule is COC(=O)c1sc(S(=O)(=O)Nc2cc(C(F)(F)F)ccc2Cl)c(C(=O)OC)c1C. The average Bonchev–Trinajstić information content (AvgIpc) is 2.99. The Bertz CT molecular complexity index is 1080. The van der Waals surface area contributed by atoms with Gasteiger partial charge < -0.3 is 9.47 Å². The summed E-state index contributed by atoms with van der Waals surface area (Å²) in [6.45, 7) is 1.31. The van der Waals surface area contributed by atoms with Crippen molar-refractivity contribution in [3.8, 4) is 0 Å². The van der Waals surface area contributed by atoms with Gasteiger partial charge in [0.05, 0.1) is 36.1 Å². The number of hydrogen-bond donors (Lipinski definition) is 1. The van der Waals surface area contributed by atoms with Crippen LogP contribution in [-0.4, -0.2) is 34.6 Å². The van der Waals surface area contributed by atoms with Crippen LogP contribution in [-0.2, 0) is 25.7 Å². The highest BCUT2D eigenvalue weighted by Crippen LogP contribution is 2.37. The third kappa shape index (κ3) is 4.65. The second-order valence-corrected chi connectivity index (χ2v) is 8.81. The Labute approximate surface area is 172 Å². The van der Waals surface area contributed by atoms with Crippen molar-refractivity contribution >= 4 is 50.6 Å². The third-order valence-corrected chi connectivity index (χ3v) is 7.14. The fourth-order valence-electron chi connectivity index (χ4n) is 2.27. The lowest BCUT2D eigenvalue weighted by Crippen LogP contribution is -2.17. The Balaban J connectivity index is 2.63. The maximum Gasteiger partial charge on any atom is 0.416 e. The molecule has 0 saturated carbocycles. The van der Waals surface area contributed by atoms with Crippen molar-refractivity contribution in [2.45, 2.75) is 17.3 Å². The van der Waals surface area contributed by atoms with Crippen molar-refractivity contribution in [3.63, 3.8) is 0 Å². The number of carbonyl (C=O) groups excluding carboxylic acids is 2. The molecule has 2 rings (SSSR count). The fraction of sp³-hybridized carbons (Fsp3) is 0.250. The minimum absolute atomic E-state index is 0.00999. The summed E-state index contributed by atoms with van der Waals surface area (Å²) >= 11 is 6.24. The van der Waals surface area contributed by atoms with Crippen LogP contribution in [0, 0.1) is 6.92 Å². The topological polar surface area (TPSA) is 98.8 Å². The number of sulfonamides is 1. The first-order valence-corrected chi connectivity index (χ1v) is 10.2. The Morgan fingerprint density at radius 3 is 2.24 bits per heavy atom. The molecular formula is C16H13ClF3NO6S2. The van der Waals surface area contributed by atoms with Gasteiger partial charge in [-0.25, -0.2) is 18.0 Å². The van der Waals surface area contributed by atoms with E-state index in [1.165, 1.54) is 6.92 Å². The summed E-state index contributed by atoms with van der Waals surface area (Å²) in [6, 6.07) is 2.08. The minimum atomic E-state index is -4.74. The molecule has 1 aromatic heterocycles. The minimum Gasteiger partial charge on any atom is -0.465 e. The lowest BCUT2D eigenvalue weighted by atomic mass is 10.2. The zero-order chi connectivity index (χ0) is 22.1. The van der Waals surface area contributed by atoms with Crippen LogP contribution in [0.3, 0.4) is 0 Å². The molecule has 0 aliphatic rings. The maximum absolute atomic E-state index is 12.9. The van der Waals surface area contributed by atoms with Gasteiger partial charge in [-0.2, -0.15) is 13.2 Å². The maximum atomic E-state index is 12.9. The van der Waals surface area contributed by atoms with E-state index in [1.807, 2.05) is 4.72 Å². The molecule has 0 spiro atoms. The molecule has 158 valence electrons. The molecule has 13 heteroatoms. The zero-order valence-corrected chi connectivity index (χ0v) is 17.4. The molecule has 1 aromatic carbocycles. The number of nitrogens with one attached hydrogen (secondary N) is 1. The number of benzene rings is 1. The largest absolute Gasteiger partial charge is 0.465 e. The number of thiophene rings is 1. The van der Waals surface area contributed by atoms with Crippen LogP contribution in [0.4, 0.5) is 18.9 Å². The van der Waals surface area contributed by atoms with E-state index >= 15 is 0 Å². The third-order valence-electron chi connectivity index (χ3n) is 3.66. The Morgan fingerprint density at radius 2 is 1.72 bits per heavy atom. The number of methoxy groups -OCH3 is 2. The summed E-state index contributed by atoms with van der Waals surface area (Å²) in [7, 11) is -2.55. The van der Waals surface area contributed by atoms with Crippen LogP contribution < -0.4 is 4.72 Å². The Morgan fingerprint density at radius 1 is 1.14 bits per heavy atom. The summed E-state index contributed by atoms with van der Waals surface area (Å²) in [5, 5.41) is -0.303. The first-order valence-electron chi connectivity index (χ1n) is 7.53. The van der Waals surface area contributed by atoms with Gasteiger partial charge in [-0.15, -0.1) is 11.3 Å². The van der Waals surface area contributed by atoms with Gasteiger partial charge in [0, 0.05) is 0 Å². The van der Waals surface area contributed by atoms with Gasteiger partial charge in [-0.1, -0.05) is 11.6 Å². The molecule has 0 bridgehead atoms. The molecule has 0 saturated heterocycles. The standard InChI is InChI=1S/C16H13ClF3NO6S2/c1-7-11(13(22)26-2)15(28-12(7)14(23)27-3)29(24,25)21-10-6-8(16(18,19)20)4-5-9(10)17/h4-6,21H,1-3H3. The molecule has 7 nitrogen and oxygen atoms in total. The molecular weight excluding hydrogens is 459 g/mol. The number of esters is 2. The molecule has 0 aliphatic heterocycles. The molecule has 0 amide bonds. The van der Waals surface area contributed by atoms with Gasteiger partial charge >= 0.3 is 18.1 Å². The van der Waals surface area contributed by atoms with E-state index < -0.39 is 49.2 Å². The highest BCUT2D eigenvalue weighted by atomic mass is 35.5. The molecule has 2 aromatic rings.